The maximum absolute atomic E-state index is 14.8. The number of nitriles is 1. The number of hydrogen-bond acceptors (Lipinski definition) is 5. The summed E-state index contributed by atoms with van der Waals surface area (Å²) < 4.78 is 20.4. The molecule has 0 saturated carbocycles. The van der Waals surface area contributed by atoms with Gasteiger partial charge in [0.05, 0.1) is 11.6 Å². The van der Waals surface area contributed by atoms with Gasteiger partial charge in [0.25, 0.3) is 0 Å². The van der Waals surface area contributed by atoms with Gasteiger partial charge in [-0.05, 0) is 98.4 Å². The molecule has 262 valence electrons. The van der Waals surface area contributed by atoms with Crippen LogP contribution in [0.1, 0.15) is 107 Å². The molecule has 0 aliphatic carbocycles. The van der Waals surface area contributed by atoms with Crippen LogP contribution < -0.4 is 0 Å². The van der Waals surface area contributed by atoms with Crippen LogP contribution >= 0.6 is 0 Å². The molecule has 7 heteroatoms. The molecule has 1 aliphatic heterocycles. The number of rotatable bonds is 11. The number of benzene rings is 1. The van der Waals surface area contributed by atoms with Crippen LogP contribution in [0.4, 0.5) is 9.18 Å². The van der Waals surface area contributed by atoms with Crippen molar-refractivity contribution in [2.75, 3.05) is 19.6 Å². The van der Waals surface area contributed by atoms with Crippen LogP contribution in [0.3, 0.4) is 0 Å². The molecule has 0 bridgehead atoms. The number of allylic oxidation sites excluding steroid dienone is 11. The quantitative estimate of drug-likeness (QED) is 0.135. The second-order valence-electron chi connectivity index (χ2n) is 12.9. The summed E-state index contributed by atoms with van der Waals surface area (Å²) in [5.74, 6) is -0.263. The van der Waals surface area contributed by atoms with E-state index in [0.717, 1.165) is 53.8 Å². The van der Waals surface area contributed by atoms with Crippen molar-refractivity contribution in [3.63, 3.8) is 0 Å². The average Bonchev–Trinajstić information content (AvgIpc) is 3.03. The van der Waals surface area contributed by atoms with Gasteiger partial charge in [-0.2, -0.15) is 5.26 Å². The van der Waals surface area contributed by atoms with E-state index < -0.39 is 5.60 Å². The number of ether oxygens (including phenoxy) is 1. The Labute approximate surface area is 290 Å². The molecule has 0 N–H and O–H groups in total. The molecule has 1 aliphatic rings. The number of halogens is 1. The number of amides is 1. The number of carbonyl (C=O) groups is 1. The van der Waals surface area contributed by atoms with Crippen molar-refractivity contribution in [2.45, 2.75) is 113 Å². The fraction of sp³-hybridized carbons (Fsp3) is 0.488. The Hall–Kier alpha value is -4.18. The molecule has 1 fully saturated rings. The number of carbonyl (C=O) groups excluding carboxylic acids is 1. The van der Waals surface area contributed by atoms with E-state index in [1.807, 2.05) is 84.1 Å². The van der Waals surface area contributed by atoms with E-state index in [1.54, 1.807) is 23.2 Å². The summed E-state index contributed by atoms with van der Waals surface area (Å²) in [6.07, 6.45) is 17.4. The Bertz CT molecular complexity index is 1450. The lowest BCUT2D eigenvalue weighted by Gasteiger charge is -2.42. The van der Waals surface area contributed by atoms with Crippen LogP contribution in [-0.4, -0.2) is 52.9 Å². The fourth-order valence-corrected chi connectivity index (χ4v) is 5.27. The van der Waals surface area contributed by atoms with E-state index in [4.69, 9.17) is 10.00 Å². The van der Waals surface area contributed by atoms with Crippen LogP contribution in [0.5, 0.6) is 0 Å². The standard InChI is InChI=1S/C28H40FN3O2.C13H19N/c1-9-11-16-30-21(4)26(23(10-2)24-14-12-13-15-25(24)29)22(5)31-17-18-32(20(3)19-31)27(33)34-28(6,7)8;1-4-6-7-9-13(11-14)10-12(3)8-5-2/h10-16,20H,9,17-19H2,1-8H3;6-7,9-10H,4-5,8H2,1-3H3/b16-11+,23-10-,26-22-,30-21+;7-6+,12-10+,13-9+. The van der Waals surface area contributed by atoms with Crippen molar-refractivity contribution in [3.8, 4) is 6.07 Å². The lowest BCUT2D eigenvalue weighted by Crippen LogP contribution is -2.54. The Kier molecular flexibility index (Phi) is 18.9. The topological polar surface area (TPSA) is 68.9 Å². The molecule has 0 spiro atoms. The van der Waals surface area contributed by atoms with E-state index in [2.05, 4.69) is 50.6 Å². The fourth-order valence-electron chi connectivity index (χ4n) is 5.27. The van der Waals surface area contributed by atoms with Crippen molar-refractivity contribution >= 4 is 17.4 Å². The highest BCUT2D eigenvalue weighted by atomic mass is 19.1. The molecule has 0 radical (unpaired) electrons. The summed E-state index contributed by atoms with van der Waals surface area (Å²) in [6.45, 7) is 23.8. The molecule has 1 aromatic rings. The zero-order chi connectivity index (χ0) is 36.3. The maximum atomic E-state index is 14.8. The first kappa shape index (κ1) is 41.8. The van der Waals surface area contributed by atoms with Crippen LogP contribution in [0.15, 0.2) is 94.3 Å². The van der Waals surface area contributed by atoms with Gasteiger partial charge in [0, 0.05) is 54.4 Å². The van der Waals surface area contributed by atoms with Gasteiger partial charge in [0.1, 0.15) is 11.4 Å². The normalized spacial score (nSPS) is 17.3. The molecule has 1 atom stereocenters. The Morgan fingerprint density at radius 2 is 1.77 bits per heavy atom. The van der Waals surface area contributed by atoms with E-state index in [1.165, 1.54) is 11.6 Å². The highest BCUT2D eigenvalue weighted by molar-refractivity contribution is 6.12. The molecule has 1 aromatic carbocycles. The van der Waals surface area contributed by atoms with Crippen LogP contribution in [0.25, 0.3) is 5.57 Å². The Morgan fingerprint density at radius 3 is 2.31 bits per heavy atom. The number of hydrogen-bond donors (Lipinski definition) is 0. The highest BCUT2D eigenvalue weighted by Gasteiger charge is 2.32. The molecule has 48 heavy (non-hydrogen) atoms. The lowest BCUT2D eigenvalue weighted by atomic mass is 9.92. The summed E-state index contributed by atoms with van der Waals surface area (Å²) in [5.41, 5.74) is 5.57. The maximum Gasteiger partial charge on any atom is 0.410 e. The summed E-state index contributed by atoms with van der Waals surface area (Å²) in [6, 6.07) is 8.99. The minimum atomic E-state index is -0.531. The van der Waals surface area contributed by atoms with Gasteiger partial charge in [-0.3, -0.25) is 4.99 Å². The number of aliphatic imine (C=N–C) groups is 1. The predicted octanol–water partition coefficient (Wildman–Crippen LogP) is 11.0. The molecule has 6 nitrogen and oxygen atoms in total. The molecule has 2 rings (SSSR count). The average molecular weight is 659 g/mol. The number of nitrogens with zero attached hydrogens (tertiary/aromatic N) is 4. The molecule has 1 unspecified atom stereocenters. The molecule has 1 saturated heterocycles. The van der Waals surface area contributed by atoms with E-state index >= 15 is 0 Å². The van der Waals surface area contributed by atoms with Gasteiger partial charge < -0.3 is 14.5 Å². The summed E-state index contributed by atoms with van der Waals surface area (Å²) in [5, 5.41) is 8.85. The van der Waals surface area contributed by atoms with Crippen LogP contribution in [0, 0.1) is 17.1 Å². The lowest BCUT2D eigenvalue weighted by molar-refractivity contribution is 0.00495. The minimum absolute atomic E-state index is 0.0282. The van der Waals surface area contributed by atoms with Crippen molar-refractivity contribution < 1.29 is 13.9 Å². The van der Waals surface area contributed by atoms with Gasteiger partial charge in [-0.25, -0.2) is 9.18 Å². The Balaban J connectivity index is 0.000000692. The highest BCUT2D eigenvalue weighted by Crippen LogP contribution is 2.31. The first-order valence-electron chi connectivity index (χ1n) is 17.2. The smallest absolute Gasteiger partial charge is 0.410 e. The SMILES string of the molecule is CC/C=C/C=C(C#N)\C=C(/C)CCC.C\C=C(C(/C(C)=N/C=C/CC)=C(/C)N1CCN(C(=O)OC(C)(C)C)C(C)C1)\c1ccccc1F. The van der Waals surface area contributed by atoms with Gasteiger partial charge >= 0.3 is 6.09 Å². The minimum Gasteiger partial charge on any atom is -0.444 e. The second kappa shape index (κ2) is 21.6. The zero-order valence-electron chi connectivity index (χ0n) is 31.4. The third kappa shape index (κ3) is 14.3. The van der Waals surface area contributed by atoms with E-state index in [9.17, 15) is 9.18 Å². The van der Waals surface area contributed by atoms with Gasteiger partial charge in [-0.1, -0.05) is 75.3 Å². The predicted molar refractivity (Wildman–Crippen MR) is 201 cm³/mol. The number of piperazine rings is 1. The van der Waals surface area contributed by atoms with Crippen molar-refractivity contribution in [2.24, 2.45) is 4.99 Å². The largest absolute Gasteiger partial charge is 0.444 e. The first-order valence-corrected chi connectivity index (χ1v) is 17.2. The molecular formula is C41H59FN4O2. The zero-order valence-corrected chi connectivity index (χ0v) is 31.4. The van der Waals surface area contributed by atoms with Gasteiger partial charge in [0.2, 0.25) is 0 Å². The summed E-state index contributed by atoms with van der Waals surface area (Å²) in [4.78, 5) is 21.4. The molecule has 1 amide bonds. The van der Waals surface area contributed by atoms with Crippen molar-refractivity contribution in [1.82, 2.24) is 9.80 Å². The van der Waals surface area contributed by atoms with Crippen LogP contribution in [-0.2, 0) is 4.74 Å². The van der Waals surface area contributed by atoms with E-state index in [-0.39, 0.29) is 18.0 Å². The Morgan fingerprint density at radius 1 is 1.10 bits per heavy atom. The van der Waals surface area contributed by atoms with Crippen molar-refractivity contribution in [3.05, 3.63) is 101 Å². The molecule has 0 aromatic heterocycles. The molecular weight excluding hydrogens is 599 g/mol. The summed E-state index contributed by atoms with van der Waals surface area (Å²) in [7, 11) is 0. The third-order valence-corrected chi connectivity index (χ3v) is 7.61. The molecule has 1 heterocycles. The third-order valence-electron chi connectivity index (χ3n) is 7.61. The first-order chi connectivity index (χ1) is 22.7. The second-order valence-corrected chi connectivity index (χ2v) is 12.9. The van der Waals surface area contributed by atoms with Crippen LogP contribution in [0.2, 0.25) is 0 Å². The van der Waals surface area contributed by atoms with Gasteiger partial charge in [-0.15, -0.1) is 0 Å². The van der Waals surface area contributed by atoms with E-state index in [0.29, 0.717) is 25.2 Å². The summed E-state index contributed by atoms with van der Waals surface area (Å²) >= 11 is 0. The monoisotopic (exact) mass is 658 g/mol. The van der Waals surface area contributed by atoms with Crippen molar-refractivity contribution in [1.29, 1.82) is 5.26 Å². The van der Waals surface area contributed by atoms with Gasteiger partial charge in [0.15, 0.2) is 0 Å².